The third-order valence-electron chi connectivity index (χ3n) is 27.8. The summed E-state index contributed by atoms with van der Waals surface area (Å²) in [5, 5.41) is 3.33. The summed E-state index contributed by atoms with van der Waals surface area (Å²) in [6.07, 6.45) is 76.1. The lowest BCUT2D eigenvalue weighted by Crippen LogP contribution is -2.31. The van der Waals surface area contributed by atoms with Crippen molar-refractivity contribution >= 4 is 41.7 Å². The maximum absolute atomic E-state index is 14.6. The van der Waals surface area contributed by atoms with E-state index in [9.17, 15) is 33.6 Å². The molecule has 0 saturated heterocycles. The molecule has 19 nitrogen and oxygen atoms in total. The molecular weight excluding hydrogens is 1710 g/mol. The van der Waals surface area contributed by atoms with Gasteiger partial charge in [-0.05, 0) is 270 Å². The molecule has 1 aromatic carbocycles. The van der Waals surface area contributed by atoms with Crippen molar-refractivity contribution in [1.82, 2.24) is 20.0 Å². The number of ether oxygens (including phenoxy) is 8. The third kappa shape index (κ3) is 81.0. The minimum atomic E-state index is -0.136. The number of benzene rings is 1. The summed E-state index contributed by atoms with van der Waals surface area (Å²) in [6.45, 7) is 36.3. The van der Waals surface area contributed by atoms with E-state index in [2.05, 4.69) is 103 Å². The molecule has 0 aliphatic heterocycles. The molecule has 1 aromatic rings. The number of rotatable bonds is 105. The summed E-state index contributed by atoms with van der Waals surface area (Å²) >= 11 is 0. The molecular formula is C118H220N4O15. The first-order chi connectivity index (χ1) is 67.0. The Morgan fingerprint density at radius 2 is 0.401 bits per heavy atom. The van der Waals surface area contributed by atoms with Crippen LogP contribution in [-0.2, 0) is 57.2 Å². The van der Waals surface area contributed by atoms with Crippen LogP contribution in [0.15, 0.2) is 18.2 Å². The summed E-state index contributed by atoms with van der Waals surface area (Å²) in [7, 11) is 0. The van der Waals surface area contributed by atoms with Gasteiger partial charge in [-0.15, -0.1) is 0 Å². The van der Waals surface area contributed by atoms with Crippen LogP contribution in [0.4, 0.5) is 0 Å². The highest BCUT2D eigenvalue weighted by Gasteiger charge is 2.22. The average Bonchev–Trinajstić information content (AvgIpc) is 0.848. The molecule has 6 atom stereocenters. The molecule has 0 bridgehead atoms. The maximum Gasteiger partial charge on any atom is 0.306 e. The molecule has 0 saturated carbocycles. The second-order valence-corrected chi connectivity index (χ2v) is 40.6. The quantitative estimate of drug-likeness (QED) is 0.0364. The van der Waals surface area contributed by atoms with Gasteiger partial charge in [0.2, 0.25) is 0 Å². The lowest BCUT2D eigenvalue weighted by atomic mass is 10.1. The summed E-state index contributed by atoms with van der Waals surface area (Å²) in [5.74, 6) is 0.869. The van der Waals surface area contributed by atoms with Gasteiger partial charge in [0.25, 0.3) is 5.91 Å². The lowest BCUT2D eigenvalue weighted by Gasteiger charge is -2.23. The van der Waals surface area contributed by atoms with E-state index in [1.165, 1.54) is 77.0 Å². The van der Waals surface area contributed by atoms with Crippen molar-refractivity contribution in [3.8, 4) is 11.5 Å². The van der Waals surface area contributed by atoms with Crippen molar-refractivity contribution in [2.75, 3.05) is 78.7 Å². The Labute approximate surface area is 843 Å². The molecule has 0 spiro atoms. The van der Waals surface area contributed by atoms with Crippen LogP contribution < -0.4 is 14.8 Å². The largest absolute Gasteiger partial charge is 0.493 e. The van der Waals surface area contributed by atoms with Crippen molar-refractivity contribution in [3.63, 3.8) is 0 Å². The number of nitrogens with zero attached hydrogens (tertiary/aromatic N) is 3. The highest BCUT2D eigenvalue weighted by molar-refractivity contribution is 5.95. The van der Waals surface area contributed by atoms with Crippen LogP contribution in [0, 0.1) is 0 Å². The summed E-state index contributed by atoms with van der Waals surface area (Å²) in [4.78, 5) is 99.1. The van der Waals surface area contributed by atoms with Crippen LogP contribution in [0.25, 0.3) is 0 Å². The molecule has 19 heteroatoms. The Kier molecular flexibility index (Phi) is 92.1. The van der Waals surface area contributed by atoms with Gasteiger partial charge in [-0.1, -0.05) is 314 Å². The van der Waals surface area contributed by atoms with Crippen LogP contribution in [0.2, 0.25) is 0 Å². The molecule has 0 aromatic heterocycles. The molecule has 137 heavy (non-hydrogen) atoms. The number of hydrogen-bond acceptors (Lipinski definition) is 18. The molecule has 1 N–H and O–H groups in total. The van der Waals surface area contributed by atoms with Gasteiger partial charge in [0.1, 0.15) is 48.1 Å². The minimum absolute atomic E-state index is 0.0399. The van der Waals surface area contributed by atoms with E-state index in [0.29, 0.717) is 75.3 Å². The van der Waals surface area contributed by atoms with Crippen LogP contribution in [0.3, 0.4) is 0 Å². The van der Waals surface area contributed by atoms with Crippen LogP contribution >= 0.6 is 0 Å². The Morgan fingerprint density at radius 3 is 0.599 bits per heavy atom. The van der Waals surface area contributed by atoms with Crippen LogP contribution in [0.5, 0.6) is 11.5 Å². The predicted octanol–water partition coefficient (Wildman–Crippen LogP) is 32.0. The zero-order valence-corrected chi connectivity index (χ0v) is 91.7. The van der Waals surface area contributed by atoms with E-state index in [1.807, 2.05) is 18.2 Å². The van der Waals surface area contributed by atoms with Crippen molar-refractivity contribution < 1.29 is 71.5 Å². The highest BCUT2D eigenvalue weighted by atomic mass is 16.6. The van der Waals surface area contributed by atoms with Gasteiger partial charge in [-0.2, -0.15) is 0 Å². The first-order valence-corrected chi connectivity index (χ1v) is 59.0. The molecule has 0 fully saturated rings. The van der Waals surface area contributed by atoms with Crippen molar-refractivity contribution in [2.45, 2.75) is 601 Å². The molecule has 1 amide bonds. The van der Waals surface area contributed by atoms with Gasteiger partial charge in [-0.25, -0.2) is 0 Å². The number of hydrogen-bond donors (Lipinski definition) is 1. The first kappa shape index (κ1) is 130. The number of esters is 6. The molecule has 1 rings (SSSR count). The Morgan fingerprint density at radius 1 is 0.219 bits per heavy atom. The predicted molar refractivity (Wildman–Crippen MR) is 573 cm³/mol. The molecule has 6 unspecified atom stereocenters. The van der Waals surface area contributed by atoms with E-state index < -0.39 is 0 Å². The standard InChI is InChI=1S/C118H220N4O15/c1-13-25-55-76-104(19-7)132-112(123)82-61-43-31-37-49-67-89-120(90-68-50-38-32-44-62-83-113(124)133-105(20-8)77-56-26-14-2)95-73-88-119-118(129)103-100-110(130-98-74-96-121(91-69-51-39-33-45-63-84-114(125)134-106(21-9)78-57-27-15-3)92-70-52-40-34-46-64-85-115(126)135-107(22-10)79-58-28-16-4)102-111(101-103)131-99-75-97-122(93-71-53-41-35-47-65-86-116(127)136-108(23-11)80-59-29-17-5)94-72-54-42-36-48-66-87-117(128)137-109(24-12)81-60-30-18-6/h100-102,104-109H,13-99H2,1-12H3,(H,119,129). The number of amides is 1. The van der Waals surface area contributed by atoms with Gasteiger partial charge in [0, 0.05) is 69.8 Å². The molecule has 0 aliphatic carbocycles. The summed E-state index contributed by atoms with van der Waals surface area (Å²) < 4.78 is 48.6. The van der Waals surface area contributed by atoms with E-state index >= 15 is 0 Å². The summed E-state index contributed by atoms with van der Waals surface area (Å²) in [5.41, 5.74) is 0.531. The van der Waals surface area contributed by atoms with E-state index in [4.69, 9.17) is 37.9 Å². The smallest absolute Gasteiger partial charge is 0.306 e. The topological polar surface area (TPSA) is 215 Å². The van der Waals surface area contributed by atoms with Crippen molar-refractivity contribution in [3.05, 3.63) is 23.8 Å². The molecule has 0 aliphatic rings. The van der Waals surface area contributed by atoms with Crippen LogP contribution in [-0.4, -0.2) is 172 Å². The fourth-order valence-electron chi connectivity index (χ4n) is 18.6. The van der Waals surface area contributed by atoms with Gasteiger partial charge in [0.05, 0.1) is 13.2 Å². The zero-order valence-electron chi connectivity index (χ0n) is 91.7. The maximum atomic E-state index is 14.6. The second kappa shape index (κ2) is 97.1. The Hall–Kier alpha value is -5.01. The van der Waals surface area contributed by atoms with Crippen molar-refractivity contribution in [1.29, 1.82) is 0 Å². The van der Waals surface area contributed by atoms with Gasteiger partial charge < -0.3 is 57.9 Å². The van der Waals surface area contributed by atoms with E-state index in [-0.39, 0.29) is 78.3 Å². The summed E-state index contributed by atoms with van der Waals surface area (Å²) in [6, 6.07) is 5.78. The molecule has 0 radical (unpaired) electrons. The number of unbranched alkanes of at least 4 members (excludes halogenated alkanes) is 42. The Balaban J connectivity index is 3.49. The molecule has 0 heterocycles. The number of carbonyl (C=O) groups excluding carboxylic acids is 7. The Bertz CT molecular complexity index is 2650. The zero-order chi connectivity index (χ0) is 100.0. The SMILES string of the molecule is CCCCCC(CC)OC(=O)CCCCCCCCN(CCCCCCCCC(=O)OC(CC)CCCCC)CCCNC(=O)c1cc(OCCCN(CCCCCCCCC(=O)OC(CC)CCCCC)CCCCCCCCC(=O)OC(CC)CCCCC)cc(OCCCN(CCCCCCCCC(=O)OC(CC)CCCCC)CCCCCCCCC(=O)OC(CC)CCCCC)c1. The van der Waals surface area contributed by atoms with Crippen molar-refractivity contribution in [2.24, 2.45) is 0 Å². The van der Waals surface area contributed by atoms with Crippen LogP contribution in [0.1, 0.15) is 575 Å². The first-order valence-electron chi connectivity index (χ1n) is 59.0. The van der Waals surface area contributed by atoms with Gasteiger partial charge in [0.15, 0.2) is 0 Å². The monoisotopic (exact) mass is 1930 g/mol. The average molecular weight is 1940 g/mol. The van der Waals surface area contributed by atoms with Gasteiger partial charge >= 0.3 is 35.8 Å². The highest BCUT2D eigenvalue weighted by Crippen LogP contribution is 2.27. The third-order valence-corrected chi connectivity index (χ3v) is 27.8. The van der Waals surface area contributed by atoms with Gasteiger partial charge in [-0.3, -0.25) is 33.6 Å². The van der Waals surface area contributed by atoms with E-state index in [0.717, 1.165) is 425 Å². The number of carbonyl (C=O) groups is 7. The second-order valence-electron chi connectivity index (χ2n) is 40.6. The lowest BCUT2D eigenvalue weighted by molar-refractivity contribution is -0.150. The minimum Gasteiger partial charge on any atom is -0.493 e. The fraction of sp³-hybridized carbons (Fsp3) is 0.890. The fourth-order valence-corrected chi connectivity index (χ4v) is 18.6. The number of nitrogens with one attached hydrogen (secondary N) is 1. The van der Waals surface area contributed by atoms with E-state index in [1.54, 1.807) is 0 Å². The molecule has 802 valence electrons. The normalized spacial score (nSPS) is 13.0.